The van der Waals surface area contributed by atoms with E-state index in [1.54, 1.807) is 4.68 Å². The van der Waals surface area contributed by atoms with Crippen LogP contribution in [0.25, 0.3) is 0 Å². The molecule has 1 aliphatic carbocycles. The van der Waals surface area contributed by atoms with Crippen molar-refractivity contribution in [2.45, 2.75) is 58.3 Å². The molecule has 2 aliphatic rings. The van der Waals surface area contributed by atoms with Crippen LogP contribution in [0.4, 0.5) is 5.95 Å². The van der Waals surface area contributed by atoms with Gasteiger partial charge in [0.2, 0.25) is 11.9 Å². The van der Waals surface area contributed by atoms with Crippen LogP contribution in [-0.4, -0.2) is 33.8 Å². The van der Waals surface area contributed by atoms with Crippen LogP contribution >= 0.6 is 0 Å². The van der Waals surface area contributed by atoms with Crippen molar-refractivity contribution < 1.29 is 4.79 Å². The first-order chi connectivity index (χ1) is 10.9. The second kappa shape index (κ2) is 6.59. The third-order valence-electron chi connectivity index (χ3n) is 5.43. The van der Waals surface area contributed by atoms with Crippen LogP contribution in [0.2, 0.25) is 0 Å². The molecule has 2 N–H and O–H groups in total. The fourth-order valence-corrected chi connectivity index (χ4v) is 3.64. The number of piperidine rings is 1. The van der Waals surface area contributed by atoms with Crippen molar-refractivity contribution in [2.24, 2.45) is 18.4 Å². The molecule has 0 bridgehead atoms. The molecule has 2 heterocycles. The van der Waals surface area contributed by atoms with Crippen molar-refractivity contribution in [3.05, 3.63) is 5.82 Å². The largest absolute Gasteiger partial charge is 0.317 e. The van der Waals surface area contributed by atoms with Crippen molar-refractivity contribution in [2.75, 3.05) is 18.4 Å². The minimum absolute atomic E-state index is 0.105. The number of nitrogens with one attached hydrogen (secondary N) is 2. The lowest BCUT2D eigenvalue weighted by Gasteiger charge is -2.33. The lowest BCUT2D eigenvalue weighted by Crippen LogP contribution is -2.30. The zero-order valence-electron chi connectivity index (χ0n) is 14.6. The Morgan fingerprint density at radius 3 is 2.52 bits per heavy atom. The summed E-state index contributed by atoms with van der Waals surface area (Å²) in [6.07, 6.45) is 6.30. The SMILES string of the molecule is Cn1nc(C2CCNCC2)nc1NC(=O)C1CCC(C)(C)CC1. The topological polar surface area (TPSA) is 71.8 Å². The molecule has 128 valence electrons. The van der Waals surface area contributed by atoms with E-state index in [-0.39, 0.29) is 11.8 Å². The minimum atomic E-state index is 0.105. The Hall–Kier alpha value is -1.43. The summed E-state index contributed by atoms with van der Waals surface area (Å²) in [6.45, 7) is 6.61. The van der Waals surface area contributed by atoms with Crippen LogP contribution in [0.1, 0.15) is 64.1 Å². The molecule has 0 atom stereocenters. The van der Waals surface area contributed by atoms with Gasteiger partial charge in [-0.1, -0.05) is 13.8 Å². The van der Waals surface area contributed by atoms with E-state index in [2.05, 4.69) is 34.6 Å². The summed E-state index contributed by atoms with van der Waals surface area (Å²) in [5.74, 6) is 2.08. The van der Waals surface area contributed by atoms with E-state index in [1.165, 1.54) is 0 Å². The summed E-state index contributed by atoms with van der Waals surface area (Å²) in [6, 6.07) is 0. The second-order valence-electron chi connectivity index (χ2n) is 7.87. The van der Waals surface area contributed by atoms with E-state index in [9.17, 15) is 4.79 Å². The molecule has 1 amide bonds. The van der Waals surface area contributed by atoms with Gasteiger partial charge in [0.05, 0.1) is 0 Å². The number of nitrogens with zero attached hydrogens (tertiary/aromatic N) is 3. The Kier molecular flexibility index (Phi) is 4.71. The summed E-state index contributed by atoms with van der Waals surface area (Å²) in [5.41, 5.74) is 0.379. The monoisotopic (exact) mass is 319 g/mol. The van der Waals surface area contributed by atoms with Crippen molar-refractivity contribution in [3.63, 3.8) is 0 Å². The number of aromatic nitrogens is 3. The summed E-state index contributed by atoms with van der Waals surface area (Å²) in [7, 11) is 1.86. The third-order valence-corrected chi connectivity index (χ3v) is 5.43. The highest BCUT2D eigenvalue weighted by Gasteiger charge is 2.31. The number of hydrogen-bond donors (Lipinski definition) is 2. The van der Waals surface area contributed by atoms with E-state index in [4.69, 9.17) is 0 Å². The van der Waals surface area contributed by atoms with Crippen LogP contribution in [0, 0.1) is 11.3 Å². The predicted octanol–water partition coefficient (Wildman–Crippen LogP) is 2.44. The standard InChI is InChI=1S/C17H29N5O/c1-17(2)8-4-13(5-9-17)15(23)20-16-19-14(21-22(16)3)12-6-10-18-11-7-12/h12-13,18H,4-11H2,1-3H3,(H,19,20,21,23). The number of carbonyl (C=O) groups is 1. The highest BCUT2D eigenvalue weighted by atomic mass is 16.2. The van der Waals surface area contributed by atoms with E-state index in [0.717, 1.165) is 57.4 Å². The van der Waals surface area contributed by atoms with Crippen LogP contribution in [0.5, 0.6) is 0 Å². The van der Waals surface area contributed by atoms with Crippen LogP contribution in [-0.2, 0) is 11.8 Å². The number of anilines is 1. The molecule has 6 nitrogen and oxygen atoms in total. The van der Waals surface area contributed by atoms with E-state index in [0.29, 0.717) is 17.3 Å². The van der Waals surface area contributed by atoms with Crippen molar-refractivity contribution in [1.82, 2.24) is 20.1 Å². The fourth-order valence-electron chi connectivity index (χ4n) is 3.64. The first kappa shape index (κ1) is 16.4. The molecule has 2 fully saturated rings. The Labute approximate surface area is 138 Å². The summed E-state index contributed by atoms with van der Waals surface area (Å²) in [4.78, 5) is 17.1. The molecule has 1 aromatic rings. The van der Waals surface area contributed by atoms with E-state index >= 15 is 0 Å². The van der Waals surface area contributed by atoms with Gasteiger partial charge in [-0.15, -0.1) is 0 Å². The quantitative estimate of drug-likeness (QED) is 0.897. The number of rotatable bonds is 3. The number of carbonyl (C=O) groups excluding carboxylic acids is 1. The molecule has 0 aromatic carbocycles. The molecule has 6 heteroatoms. The first-order valence-electron chi connectivity index (χ1n) is 8.87. The smallest absolute Gasteiger partial charge is 0.229 e. The average Bonchev–Trinajstić information content (AvgIpc) is 2.89. The third kappa shape index (κ3) is 3.91. The van der Waals surface area contributed by atoms with Gasteiger partial charge < -0.3 is 5.32 Å². The highest BCUT2D eigenvalue weighted by Crippen LogP contribution is 2.38. The summed E-state index contributed by atoms with van der Waals surface area (Å²) >= 11 is 0. The number of amides is 1. The molecule has 0 radical (unpaired) electrons. The summed E-state index contributed by atoms with van der Waals surface area (Å²) < 4.78 is 1.71. The van der Waals surface area contributed by atoms with Crippen molar-refractivity contribution >= 4 is 11.9 Å². The molecular formula is C17H29N5O. The maximum Gasteiger partial charge on any atom is 0.229 e. The van der Waals surface area contributed by atoms with E-state index in [1.807, 2.05) is 7.05 Å². The van der Waals surface area contributed by atoms with Gasteiger partial charge in [-0.05, 0) is 57.0 Å². The first-order valence-corrected chi connectivity index (χ1v) is 8.87. The lowest BCUT2D eigenvalue weighted by molar-refractivity contribution is -0.121. The number of hydrogen-bond acceptors (Lipinski definition) is 4. The van der Waals surface area contributed by atoms with E-state index < -0.39 is 0 Å². The van der Waals surface area contributed by atoms with Crippen LogP contribution < -0.4 is 10.6 Å². The zero-order chi connectivity index (χ0) is 16.4. The van der Waals surface area contributed by atoms with Gasteiger partial charge in [-0.3, -0.25) is 10.1 Å². The average molecular weight is 319 g/mol. The van der Waals surface area contributed by atoms with Crippen LogP contribution in [0.15, 0.2) is 0 Å². The summed E-state index contributed by atoms with van der Waals surface area (Å²) in [5, 5.41) is 10.9. The molecule has 1 saturated carbocycles. The number of aryl methyl sites for hydroxylation is 1. The molecule has 1 aromatic heterocycles. The second-order valence-corrected chi connectivity index (χ2v) is 7.87. The zero-order valence-corrected chi connectivity index (χ0v) is 14.6. The van der Waals surface area contributed by atoms with Gasteiger partial charge in [0.25, 0.3) is 0 Å². The Morgan fingerprint density at radius 2 is 1.87 bits per heavy atom. The molecule has 0 spiro atoms. The Morgan fingerprint density at radius 1 is 1.22 bits per heavy atom. The van der Waals surface area contributed by atoms with Crippen LogP contribution in [0.3, 0.4) is 0 Å². The Bertz CT molecular complexity index is 549. The van der Waals surface area contributed by atoms with Gasteiger partial charge >= 0.3 is 0 Å². The Balaban J connectivity index is 1.61. The molecular weight excluding hydrogens is 290 g/mol. The minimum Gasteiger partial charge on any atom is -0.317 e. The predicted molar refractivity (Wildman–Crippen MR) is 90.2 cm³/mol. The highest BCUT2D eigenvalue weighted by molar-refractivity contribution is 5.91. The van der Waals surface area contributed by atoms with Gasteiger partial charge in [-0.25, -0.2) is 4.68 Å². The molecule has 0 unspecified atom stereocenters. The fraction of sp³-hybridized carbons (Fsp3) is 0.824. The maximum atomic E-state index is 12.5. The molecule has 23 heavy (non-hydrogen) atoms. The van der Waals surface area contributed by atoms with Gasteiger partial charge in [-0.2, -0.15) is 10.1 Å². The molecule has 1 aliphatic heterocycles. The normalized spacial score (nSPS) is 22.9. The molecule has 3 rings (SSSR count). The van der Waals surface area contributed by atoms with Gasteiger partial charge in [0, 0.05) is 18.9 Å². The van der Waals surface area contributed by atoms with Gasteiger partial charge in [0.15, 0.2) is 5.82 Å². The molecule has 1 saturated heterocycles. The van der Waals surface area contributed by atoms with Crippen molar-refractivity contribution in [1.29, 1.82) is 0 Å². The van der Waals surface area contributed by atoms with Gasteiger partial charge in [0.1, 0.15) is 0 Å². The lowest BCUT2D eigenvalue weighted by atomic mass is 9.73. The maximum absolute atomic E-state index is 12.5. The van der Waals surface area contributed by atoms with Crippen molar-refractivity contribution in [3.8, 4) is 0 Å².